The molecule has 1 fully saturated rings. The number of fused-ring (bicyclic) bond motifs is 1. The van der Waals surface area contributed by atoms with Crippen molar-refractivity contribution in [3.63, 3.8) is 0 Å². The molecule has 2 aromatic rings. The summed E-state index contributed by atoms with van der Waals surface area (Å²) in [6, 6.07) is 5.50. The monoisotopic (exact) mass is 322 g/mol. The van der Waals surface area contributed by atoms with Crippen LogP contribution in [0.4, 0.5) is 0 Å². The summed E-state index contributed by atoms with van der Waals surface area (Å²) in [4.78, 5) is 4.27. The fourth-order valence-corrected chi connectivity index (χ4v) is 2.54. The summed E-state index contributed by atoms with van der Waals surface area (Å²) in [5.74, 6) is 0.147. The number of hydrogen-bond acceptors (Lipinski definition) is 6. The number of aliphatic hydroxyl groups is 1. The SMILES string of the molecule is CCOC(O)n1cnc2cc(OCC3COC(C)(C)O3)ccc21. The highest BCUT2D eigenvalue weighted by atomic mass is 16.7. The van der Waals surface area contributed by atoms with Gasteiger partial charge in [-0.3, -0.25) is 4.57 Å². The Labute approximate surface area is 134 Å². The van der Waals surface area contributed by atoms with Gasteiger partial charge in [0.1, 0.15) is 18.5 Å². The van der Waals surface area contributed by atoms with Gasteiger partial charge in [-0.25, -0.2) is 4.98 Å². The Hall–Kier alpha value is -1.67. The molecule has 0 bridgehead atoms. The molecule has 126 valence electrons. The lowest BCUT2D eigenvalue weighted by atomic mass is 10.3. The zero-order valence-corrected chi connectivity index (χ0v) is 13.6. The van der Waals surface area contributed by atoms with Crippen molar-refractivity contribution in [2.75, 3.05) is 19.8 Å². The molecule has 1 aliphatic heterocycles. The highest BCUT2D eigenvalue weighted by Crippen LogP contribution is 2.25. The molecular formula is C16H22N2O5. The van der Waals surface area contributed by atoms with Crippen molar-refractivity contribution < 1.29 is 24.1 Å². The number of imidazole rings is 1. The quantitative estimate of drug-likeness (QED) is 0.821. The van der Waals surface area contributed by atoms with E-state index in [9.17, 15) is 5.11 Å². The maximum absolute atomic E-state index is 9.91. The van der Waals surface area contributed by atoms with Crippen LogP contribution >= 0.6 is 0 Å². The van der Waals surface area contributed by atoms with Crippen LogP contribution in [0.1, 0.15) is 27.2 Å². The first kappa shape index (κ1) is 16.2. The van der Waals surface area contributed by atoms with Gasteiger partial charge in [0.2, 0.25) is 6.41 Å². The second kappa shape index (κ2) is 6.45. The molecule has 2 unspecified atom stereocenters. The van der Waals surface area contributed by atoms with E-state index in [2.05, 4.69) is 4.98 Å². The van der Waals surface area contributed by atoms with Gasteiger partial charge in [-0.1, -0.05) is 0 Å². The Morgan fingerprint density at radius 2 is 2.30 bits per heavy atom. The van der Waals surface area contributed by atoms with E-state index in [0.717, 1.165) is 11.0 Å². The molecule has 1 aromatic carbocycles. The van der Waals surface area contributed by atoms with E-state index in [1.165, 1.54) is 0 Å². The van der Waals surface area contributed by atoms with Gasteiger partial charge in [0, 0.05) is 12.7 Å². The van der Waals surface area contributed by atoms with E-state index < -0.39 is 12.2 Å². The summed E-state index contributed by atoms with van der Waals surface area (Å²) in [5.41, 5.74) is 1.50. The van der Waals surface area contributed by atoms with E-state index in [4.69, 9.17) is 18.9 Å². The van der Waals surface area contributed by atoms with Crippen LogP contribution in [-0.2, 0) is 14.2 Å². The van der Waals surface area contributed by atoms with Crippen molar-refractivity contribution in [1.29, 1.82) is 0 Å². The zero-order valence-electron chi connectivity index (χ0n) is 13.6. The molecule has 1 N–H and O–H groups in total. The lowest BCUT2D eigenvalue weighted by molar-refractivity contribution is -0.146. The summed E-state index contributed by atoms with van der Waals surface area (Å²) in [7, 11) is 0. The molecule has 2 atom stereocenters. The molecule has 23 heavy (non-hydrogen) atoms. The lowest BCUT2D eigenvalue weighted by Crippen LogP contribution is -2.25. The first-order chi connectivity index (χ1) is 11.0. The molecule has 3 rings (SSSR count). The Kier molecular flexibility index (Phi) is 4.54. The second-order valence-electron chi connectivity index (χ2n) is 5.85. The second-order valence-corrected chi connectivity index (χ2v) is 5.85. The van der Waals surface area contributed by atoms with Crippen LogP contribution in [0.3, 0.4) is 0 Å². The summed E-state index contributed by atoms with van der Waals surface area (Å²) >= 11 is 0. The highest BCUT2D eigenvalue weighted by Gasteiger charge is 2.32. The molecule has 7 nitrogen and oxygen atoms in total. The van der Waals surface area contributed by atoms with Crippen LogP contribution in [0.2, 0.25) is 0 Å². The van der Waals surface area contributed by atoms with Crippen LogP contribution in [0.5, 0.6) is 5.75 Å². The third-order valence-corrected chi connectivity index (χ3v) is 3.60. The molecule has 0 amide bonds. The molecule has 0 aliphatic carbocycles. The topological polar surface area (TPSA) is 75.0 Å². The minimum absolute atomic E-state index is 0.0852. The van der Waals surface area contributed by atoms with Crippen molar-refractivity contribution in [3.8, 4) is 5.75 Å². The molecule has 0 saturated carbocycles. The molecule has 1 aliphatic rings. The van der Waals surface area contributed by atoms with Gasteiger partial charge in [0.05, 0.1) is 24.0 Å². The van der Waals surface area contributed by atoms with Gasteiger partial charge in [-0.15, -0.1) is 0 Å². The first-order valence-corrected chi connectivity index (χ1v) is 7.69. The van der Waals surface area contributed by atoms with E-state index in [0.29, 0.717) is 25.6 Å². The number of rotatable bonds is 6. The van der Waals surface area contributed by atoms with Crippen molar-refractivity contribution in [2.24, 2.45) is 0 Å². The Morgan fingerprint density at radius 1 is 1.48 bits per heavy atom. The number of benzene rings is 1. The first-order valence-electron chi connectivity index (χ1n) is 7.69. The number of aromatic nitrogens is 2. The minimum Gasteiger partial charge on any atom is -0.491 e. The van der Waals surface area contributed by atoms with Gasteiger partial charge in [0.25, 0.3) is 0 Å². The summed E-state index contributed by atoms with van der Waals surface area (Å²) in [6.45, 7) is 6.94. The normalized spacial score (nSPS) is 21.7. The smallest absolute Gasteiger partial charge is 0.243 e. The number of aliphatic hydroxyl groups excluding tert-OH is 1. The van der Waals surface area contributed by atoms with Crippen molar-refractivity contribution >= 4 is 11.0 Å². The maximum atomic E-state index is 9.91. The maximum Gasteiger partial charge on any atom is 0.243 e. The predicted molar refractivity (Wildman–Crippen MR) is 83.0 cm³/mol. The minimum atomic E-state index is -1.04. The molecule has 7 heteroatoms. The highest BCUT2D eigenvalue weighted by molar-refractivity contribution is 5.77. The Bertz CT molecular complexity index is 670. The molecular weight excluding hydrogens is 300 g/mol. The van der Waals surface area contributed by atoms with Crippen LogP contribution in [0, 0.1) is 0 Å². The molecule has 1 saturated heterocycles. The molecule has 0 radical (unpaired) electrons. The third kappa shape index (κ3) is 3.64. The number of nitrogens with zero attached hydrogens (tertiary/aromatic N) is 2. The summed E-state index contributed by atoms with van der Waals surface area (Å²) in [6.07, 6.45) is 0.423. The van der Waals surface area contributed by atoms with Gasteiger partial charge in [-0.05, 0) is 32.9 Å². The Morgan fingerprint density at radius 3 is 3.00 bits per heavy atom. The lowest BCUT2D eigenvalue weighted by Gasteiger charge is -2.17. The van der Waals surface area contributed by atoms with Gasteiger partial charge < -0.3 is 24.1 Å². The van der Waals surface area contributed by atoms with Crippen LogP contribution < -0.4 is 4.74 Å². The van der Waals surface area contributed by atoms with E-state index in [1.807, 2.05) is 39.0 Å². The van der Waals surface area contributed by atoms with Gasteiger partial charge >= 0.3 is 0 Å². The summed E-state index contributed by atoms with van der Waals surface area (Å²) in [5, 5.41) is 9.91. The van der Waals surface area contributed by atoms with Crippen molar-refractivity contribution in [2.45, 2.75) is 39.1 Å². The third-order valence-electron chi connectivity index (χ3n) is 3.60. The molecule has 1 aromatic heterocycles. The summed E-state index contributed by atoms with van der Waals surface area (Å²) < 4.78 is 23.7. The van der Waals surface area contributed by atoms with Crippen molar-refractivity contribution in [1.82, 2.24) is 9.55 Å². The van der Waals surface area contributed by atoms with E-state index in [-0.39, 0.29) is 6.10 Å². The van der Waals surface area contributed by atoms with Gasteiger partial charge in [-0.2, -0.15) is 0 Å². The zero-order chi connectivity index (χ0) is 16.4. The predicted octanol–water partition coefficient (Wildman–Crippen LogP) is 2.05. The fourth-order valence-electron chi connectivity index (χ4n) is 2.54. The Balaban J connectivity index is 1.67. The van der Waals surface area contributed by atoms with Crippen LogP contribution in [0.25, 0.3) is 11.0 Å². The number of hydrogen-bond donors (Lipinski definition) is 1. The molecule has 0 spiro atoms. The fraction of sp³-hybridized carbons (Fsp3) is 0.562. The van der Waals surface area contributed by atoms with E-state index in [1.54, 1.807) is 10.9 Å². The van der Waals surface area contributed by atoms with Crippen LogP contribution in [0.15, 0.2) is 24.5 Å². The largest absolute Gasteiger partial charge is 0.491 e. The van der Waals surface area contributed by atoms with Crippen LogP contribution in [-0.4, -0.2) is 46.4 Å². The van der Waals surface area contributed by atoms with E-state index >= 15 is 0 Å². The molecule has 2 heterocycles. The van der Waals surface area contributed by atoms with Gasteiger partial charge in [0.15, 0.2) is 5.79 Å². The average Bonchev–Trinajstić information content (AvgIpc) is 3.08. The van der Waals surface area contributed by atoms with Crippen molar-refractivity contribution in [3.05, 3.63) is 24.5 Å². The average molecular weight is 322 g/mol. The standard InChI is InChI=1S/C16H22N2O5/c1-4-20-15(19)18-10-17-13-7-11(5-6-14(13)18)21-8-12-9-22-16(2,3)23-12/h5-7,10,12,15,19H,4,8-9H2,1-3H3. The number of ether oxygens (including phenoxy) is 4.